The molecule has 16 heavy (non-hydrogen) atoms. The second-order valence-corrected chi connectivity index (χ2v) is 5.12. The van der Waals surface area contributed by atoms with Gasteiger partial charge in [-0.15, -0.1) is 0 Å². The summed E-state index contributed by atoms with van der Waals surface area (Å²) in [6.45, 7) is 4.39. The highest BCUT2D eigenvalue weighted by Crippen LogP contribution is 2.30. The summed E-state index contributed by atoms with van der Waals surface area (Å²) in [5.74, 6) is 1.10. The number of nitrogens with one attached hydrogen (secondary N) is 1. The zero-order chi connectivity index (χ0) is 12.2. The zero-order valence-corrected chi connectivity index (χ0v) is 10.1. The SMILES string of the molecule is CC(C)C1CCCCC1NCCC(F)(F)F. The summed E-state index contributed by atoms with van der Waals surface area (Å²) in [6.07, 6.45) is -0.196. The largest absolute Gasteiger partial charge is 0.390 e. The van der Waals surface area contributed by atoms with Crippen LogP contribution in [0.4, 0.5) is 13.2 Å². The van der Waals surface area contributed by atoms with Crippen LogP contribution in [0.3, 0.4) is 0 Å². The lowest BCUT2D eigenvalue weighted by molar-refractivity contribution is -0.133. The first-order valence-corrected chi connectivity index (χ1v) is 6.20. The minimum atomic E-state index is -4.03. The number of alkyl halides is 3. The van der Waals surface area contributed by atoms with E-state index in [4.69, 9.17) is 0 Å². The number of hydrogen-bond donors (Lipinski definition) is 1. The molecule has 0 radical (unpaired) electrons. The van der Waals surface area contributed by atoms with Gasteiger partial charge in [0.15, 0.2) is 0 Å². The van der Waals surface area contributed by atoms with Crippen molar-refractivity contribution in [2.75, 3.05) is 6.54 Å². The highest BCUT2D eigenvalue weighted by atomic mass is 19.4. The molecule has 1 fully saturated rings. The average molecular weight is 237 g/mol. The third kappa shape index (κ3) is 4.73. The predicted molar refractivity (Wildman–Crippen MR) is 59.3 cm³/mol. The third-order valence-electron chi connectivity index (χ3n) is 3.49. The summed E-state index contributed by atoms with van der Waals surface area (Å²) in [7, 11) is 0. The maximum Gasteiger partial charge on any atom is 0.390 e. The predicted octanol–water partition coefficient (Wildman–Crippen LogP) is 3.74. The van der Waals surface area contributed by atoms with Crippen LogP contribution in [0.25, 0.3) is 0 Å². The standard InChI is InChI=1S/C12H22F3N/c1-9(2)10-5-3-4-6-11(10)16-8-7-12(13,14)15/h9-11,16H,3-8H2,1-2H3. The summed E-state index contributed by atoms with van der Waals surface area (Å²) in [6, 6.07) is 0.288. The van der Waals surface area contributed by atoms with E-state index in [-0.39, 0.29) is 12.6 Å². The van der Waals surface area contributed by atoms with Gasteiger partial charge in [0.1, 0.15) is 0 Å². The molecular weight excluding hydrogens is 215 g/mol. The summed E-state index contributed by atoms with van der Waals surface area (Å²) in [4.78, 5) is 0. The molecule has 2 atom stereocenters. The lowest BCUT2D eigenvalue weighted by Gasteiger charge is -2.35. The lowest BCUT2D eigenvalue weighted by Crippen LogP contribution is -2.42. The minimum Gasteiger partial charge on any atom is -0.313 e. The molecule has 2 unspecified atom stereocenters. The maximum absolute atomic E-state index is 12.0. The Bertz CT molecular complexity index is 201. The summed E-state index contributed by atoms with van der Waals surface area (Å²) >= 11 is 0. The number of rotatable bonds is 4. The molecule has 0 aromatic rings. The van der Waals surface area contributed by atoms with E-state index in [1.807, 2.05) is 0 Å². The van der Waals surface area contributed by atoms with Gasteiger partial charge in [-0.25, -0.2) is 0 Å². The Balaban J connectivity index is 2.33. The topological polar surface area (TPSA) is 12.0 Å². The van der Waals surface area contributed by atoms with Crippen molar-refractivity contribution in [3.63, 3.8) is 0 Å². The van der Waals surface area contributed by atoms with Crippen molar-refractivity contribution >= 4 is 0 Å². The quantitative estimate of drug-likeness (QED) is 0.785. The molecule has 1 nitrogen and oxygen atoms in total. The van der Waals surface area contributed by atoms with Crippen LogP contribution in [-0.2, 0) is 0 Å². The van der Waals surface area contributed by atoms with Gasteiger partial charge in [-0.2, -0.15) is 13.2 Å². The molecule has 96 valence electrons. The Hall–Kier alpha value is -0.250. The molecule has 0 aromatic heterocycles. The molecule has 1 aliphatic carbocycles. The molecule has 1 saturated carbocycles. The van der Waals surface area contributed by atoms with E-state index in [1.165, 1.54) is 6.42 Å². The molecule has 1 N–H and O–H groups in total. The number of hydrogen-bond acceptors (Lipinski definition) is 1. The fourth-order valence-electron chi connectivity index (χ4n) is 2.61. The molecule has 0 saturated heterocycles. The maximum atomic E-state index is 12.0. The highest BCUT2D eigenvalue weighted by Gasteiger charge is 2.30. The van der Waals surface area contributed by atoms with Crippen LogP contribution < -0.4 is 5.32 Å². The second kappa shape index (κ2) is 5.89. The Labute approximate surface area is 95.8 Å². The van der Waals surface area contributed by atoms with E-state index in [0.717, 1.165) is 19.3 Å². The van der Waals surface area contributed by atoms with Crippen LogP contribution in [0.2, 0.25) is 0 Å². The summed E-state index contributed by atoms with van der Waals surface area (Å²) in [5.41, 5.74) is 0. The van der Waals surface area contributed by atoms with Gasteiger partial charge < -0.3 is 5.32 Å². The molecule has 4 heteroatoms. The van der Waals surface area contributed by atoms with Crippen LogP contribution in [0.15, 0.2) is 0 Å². The summed E-state index contributed by atoms with van der Waals surface area (Å²) < 4.78 is 36.1. The Morgan fingerprint density at radius 3 is 2.38 bits per heavy atom. The molecule has 1 rings (SSSR count). The summed E-state index contributed by atoms with van der Waals surface area (Å²) in [5, 5.41) is 3.09. The molecule has 0 aliphatic heterocycles. The van der Waals surface area contributed by atoms with E-state index in [9.17, 15) is 13.2 Å². The molecule has 0 heterocycles. The zero-order valence-electron chi connectivity index (χ0n) is 10.1. The Morgan fingerprint density at radius 2 is 1.81 bits per heavy atom. The van der Waals surface area contributed by atoms with E-state index in [2.05, 4.69) is 19.2 Å². The van der Waals surface area contributed by atoms with Crippen LogP contribution in [0, 0.1) is 11.8 Å². The van der Waals surface area contributed by atoms with Crippen molar-refractivity contribution in [1.29, 1.82) is 0 Å². The fraction of sp³-hybridized carbons (Fsp3) is 1.00. The monoisotopic (exact) mass is 237 g/mol. The first-order valence-electron chi connectivity index (χ1n) is 6.20. The van der Waals surface area contributed by atoms with Crippen molar-refractivity contribution in [2.45, 2.75) is 58.2 Å². The van der Waals surface area contributed by atoms with E-state index in [1.54, 1.807) is 0 Å². The Morgan fingerprint density at radius 1 is 1.19 bits per heavy atom. The van der Waals surface area contributed by atoms with Crippen molar-refractivity contribution in [3.8, 4) is 0 Å². The van der Waals surface area contributed by atoms with Crippen molar-refractivity contribution in [1.82, 2.24) is 5.32 Å². The van der Waals surface area contributed by atoms with Gasteiger partial charge in [0, 0.05) is 12.6 Å². The van der Waals surface area contributed by atoms with Gasteiger partial charge >= 0.3 is 6.18 Å². The number of halogens is 3. The lowest BCUT2D eigenvalue weighted by atomic mass is 9.78. The third-order valence-corrected chi connectivity index (χ3v) is 3.49. The van der Waals surface area contributed by atoms with Crippen molar-refractivity contribution in [3.05, 3.63) is 0 Å². The second-order valence-electron chi connectivity index (χ2n) is 5.12. The molecule has 1 aliphatic rings. The molecule has 0 aromatic carbocycles. The van der Waals surface area contributed by atoms with E-state index >= 15 is 0 Å². The first kappa shape index (κ1) is 13.8. The molecule has 0 amide bonds. The average Bonchev–Trinajstić information content (AvgIpc) is 2.16. The minimum absolute atomic E-state index is 0.0669. The van der Waals surface area contributed by atoms with E-state index in [0.29, 0.717) is 11.8 Å². The van der Waals surface area contributed by atoms with Gasteiger partial charge in [0.2, 0.25) is 0 Å². The fourth-order valence-corrected chi connectivity index (χ4v) is 2.61. The normalized spacial score (nSPS) is 27.4. The van der Waals surface area contributed by atoms with Crippen LogP contribution >= 0.6 is 0 Å². The van der Waals surface area contributed by atoms with Gasteiger partial charge in [0.25, 0.3) is 0 Å². The molecular formula is C12H22F3N. The van der Waals surface area contributed by atoms with Crippen LogP contribution in [0.5, 0.6) is 0 Å². The van der Waals surface area contributed by atoms with Crippen LogP contribution in [-0.4, -0.2) is 18.8 Å². The highest BCUT2D eigenvalue weighted by molar-refractivity contribution is 4.82. The van der Waals surface area contributed by atoms with Crippen LogP contribution in [0.1, 0.15) is 46.0 Å². The van der Waals surface area contributed by atoms with Crippen molar-refractivity contribution < 1.29 is 13.2 Å². The Kier molecular flexibility index (Phi) is 5.09. The van der Waals surface area contributed by atoms with Crippen molar-refractivity contribution in [2.24, 2.45) is 11.8 Å². The van der Waals surface area contributed by atoms with Gasteiger partial charge in [0.05, 0.1) is 6.42 Å². The molecule has 0 spiro atoms. The van der Waals surface area contributed by atoms with Gasteiger partial charge in [-0.1, -0.05) is 26.7 Å². The first-order chi connectivity index (χ1) is 7.40. The van der Waals surface area contributed by atoms with E-state index < -0.39 is 12.6 Å². The van der Waals surface area contributed by atoms with Gasteiger partial charge in [-0.05, 0) is 24.7 Å². The smallest absolute Gasteiger partial charge is 0.313 e. The van der Waals surface area contributed by atoms with Gasteiger partial charge in [-0.3, -0.25) is 0 Å². The molecule has 0 bridgehead atoms.